The van der Waals surface area contributed by atoms with E-state index in [9.17, 15) is 9.59 Å². The number of carbonyl (C=O) groups excluding carboxylic acids is 2. The lowest BCUT2D eigenvalue weighted by Gasteiger charge is -2.33. The van der Waals surface area contributed by atoms with Crippen molar-refractivity contribution in [3.63, 3.8) is 0 Å². The number of hydrogen-bond acceptors (Lipinski definition) is 6. The highest BCUT2D eigenvalue weighted by atomic mass is 16.5. The number of hydrogen-bond donors (Lipinski definition) is 1. The Morgan fingerprint density at radius 3 is 2.84 bits per heavy atom. The molecule has 8 nitrogen and oxygen atoms in total. The van der Waals surface area contributed by atoms with E-state index in [4.69, 9.17) is 10.5 Å². The predicted octanol–water partition coefficient (Wildman–Crippen LogP) is -0.248. The summed E-state index contributed by atoms with van der Waals surface area (Å²) in [6, 6.07) is 0. The second-order valence-electron chi connectivity index (χ2n) is 6.62. The van der Waals surface area contributed by atoms with Crippen molar-refractivity contribution in [2.75, 3.05) is 44.8 Å². The van der Waals surface area contributed by atoms with Crippen LogP contribution in [-0.4, -0.2) is 66.6 Å². The zero-order valence-corrected chi connectivity index (χ0v) is 14.6. The van der Waals surface area contributed by atoms with Gasteiger partial charge in [-0.2, -0.15) is 0 Å². The summed E-state index contributed by atoms with van der Waals surface area (Å²) in [5.74, 6) is 0.500. The van der Waals surface area contributed by atoms with E-state index in [1.807, 2.05) is 4.90 Å². The van der Waals surface area contributed by atoms with E-state index < -0.39 is 0 Å². The zero-order valence-electron chi connectivity index (χ0n) is 14.6. The summed E-state index contributed by atoms with van der Waals surface area (Å²) in [6.45, 7) is 2.82. The number of carbonyl (C=O) groups is 2. The fourth-order valence-corrected chi connectivity index (χ4v) is 3.65. The summed E-state index contributed by atoms with van der Waals surface area (Å²) < 4.78 is 4.96. The Balaban J connectivity index is 1.79. The lowest BCUT2D eigenvalue weighted by atomic mass is 9.96. The molecule has 1 saturated heterocycles. The average molecular weight is 347 g/mol. The molecule has 0 unspecified atom stereocenters. The Hall–Kier alpha value is -2.22. The van der Waals surface area contributed by atoms with Gasteiger partial charge in [0.15, 0.2) is 0 Å². The molecule has 3 heterocycles. The summed E-state index contributed by atoms with van der Waals surface area (Å²) in [5, 5.41) is 0. The maximum atomic E-state index is 12.1. The normalized spacial score (nSPS) is 20.8. The molecule has 1 atom stereocenters. The van der Waals surface area contributed by atoms with E-state index in [0.717, 1.165) is 36.5 Å². The average Bonchev–Trinajstić information content (AvgIpc) is 2.84. The molecule has 1 fully saturated rings. The van der Waals surface area contributed by atoms with Crippen molar-refractivity contribution in [2.24, 2.45) is 11.7 Å². The van der Waals surface area contributed by atoms with Gasteiger partial charge in [-0.25, -0.2) is 9.97 Å². The molecule has 0 saturated carbocycles. The molecule has 1 aromatic heterocycles. The number of rotatable bonds is 4. The van der Waals surface area contributed by atoms with Crippen molar-refractivity contribution in [3.8, 4) is 0 Å². The summed E-state index contributed by atoms with van der Waals surface area (Å²) >= 11 is 0. The second-order valence-corrected chi connectivity index (χ2v) is 6.62. The third-order valence-electron chi connectivity index (χ3n) is 5.01. The van der Waals surface area contributed by atoms with Gasteiger partial charge in [0.2, 0.25) is 11.8 Å². The molecule has 1 aromatic rings. The Morgan fingerprint density at radius 1 is 1.28 bits per heavy atom. The fraction of sp³-hybridized carbons (Fsp3) is 0.647. The third-order valence-corrected chi connectivity index (χ3v) is 5.01. The monoisotopic (exact) mass is 347 g/mol. The predicted molar refractivity (Wildman–Crippen MR) is 92.0 cm³/mol. The molecule has 0 spiro atoms. The summed E-state index contributed by atoms with van der Waals surface area (Å²) in [4.78, 5) is 36.6. The molecule has 0 aromatic carbocycles. The number of amides is 2. The number of fused-ring (bicyclic) bond motifs is 1. The molecule has 2 aliphatic heterocycles. The smallest absolute Gasteiger partial charge is 0.248 e. The Kier molecular flexibility index (Phi) is 5.47. The zero-order chi connectivity index (χ0) is 17.8. The summed E-state index contributed by atoms with van der Waals surface area (Å²) in [5.41, 5.74) is 7.56. The topological polar surface area (TPSA) is 102 Å². The second kappa shape index (κ2) is 7.77. The number of primary amides is 1. The van der Waals surface area contributed by atoms with Crippen LogP contribution in [0, 0.1) is 5.92 Å². The van der Waals surface area contributed by atoms with Crippen molar-refractivity contribution in [2.45, 2.75) is 25.7 Å². The van der Waals surface area contributed by atoms with E-state index in [1.165, 1.54) is 7.11 Å². The van der Waals surface area contributed by atoms with Crippen LogP contribution >= 0.6 is 0 Å². The molecule has 2 amide bonds. The first-order chi connectivity index (χ1) is 12.1. The molecular formula is C17H25N5O3. The molecule has 0 aliphatic carbocycles. The van der Waals surface area contributed by atoms with Crippen molar-refractivity contribution in [1.82, 2.24) is 14.9 Å². The molecule has 2 aliphatic rings. The number of nitrogens with zero attached hydrogens (tertiary/aromatic N) is 4. The molecule has 3 rings (SSSR count). The molecule has 25 heavy (non-hydrogen) atoms. The van der Waals surface area contributed by atoms with Crippen LogP contribution in [0.25, 0.3) is 0 Å². The van der Waals surface area contributed by atoms with Crippen LogP contribution in [0.1, 0.15) is 24.1 Å². The Bertz CT molecular complexity index is 651. The number of methoxy groups -OCH3 is 1. The van der Waals surface area contributed by atoms with Gasteiger partial charge in [-0.15, -0.1) is 0 Å². The molecule has 136 valence electrons. The number of piperidine rings is 1. The van der Waals surface area contributed by atoms with Crippen LogP contribution in [-0.2, 0) is 27.2 Å². The summed E-state index contributed by atoms with van der Waals surface area (Å²) in [7, 11) is 1.53. The molecule has 8 heteroatoms. The Labute approximate surface area is 147 Å². The largest absolute Gasteiger partial charge is 0.375 e. The van der Waals surface area contributed by atoms with E-state index in [-0.39, 0.29) is 24.3 Å². The molecule has 0 radical (unpaired) electrons. The van der Waals surface area contributed by atoms with Crippen LogP contribution in [0.3, 0.4) is 0 Å². The van der Waals surface area contributed by atoms with Gasteiger partial charge in [-0.3, -0.25) is 9.59 Å². The van der Waals surface area contributed by atoms with E-state index in [0.29, 0.717) is 32.5 Å². The van der Waals surface area contributed by atoms with Crippen LogP contribution < -0.4 is 10.6 Å². The minimum atomic E-state index is -0.249. The van der Waals surface area contributed by atoms with Gasteiger partial charge in [0, 0.05) is 45.3 Å². The van der Waals surface area contributed by atoms with Gasteiger partial charge < -0.3 is 20.3 Å². The first kappa shape index (κ1) is 17.6. The maximum Gasteiger partial charge on any atom is 0.248 e. The number of aromatic nitrogens is 2. The standard InChI is InChI=1S/C17H25N5O3/c1-25-10-15(23)21-7-4-13-14(5-8-21)19-11-20-17(13)22-6-2-3-12(9-22)16(18)24/h11-12H,2-10H2,1H3,(H2,18,24)/t12-/m1/s1. The van der Waals surface area contributed by atoms with Gasteiger partial charge in [0.05, 0.1) is 11.6 Å². The maximum absolute atomic E-state index is 12.1. The van der Waals surface area contributed by atoms with Crippen LogP contribution in [0.4, 0.5) is 5.82 Å². The highest BCUT2D eigenvalue weighted by Gasteiger charge is 2.28. The summed E-state index contributed by atoms with van der Waals surface area (Å²) in [6.07, 6.45) is 4.74. The van der Waals surface area contributed by atoms with Crippen molar-refractivity contribution < 1.29 is 14.3 Å². The molecule has 2 N–H and O–H groups in total. The van der Waals surface area contributed by atoms with Crippen molar-refractivity contribution in [3.05, 3.63) is 17.6 Å². The fourth-order valence-electron chi connectivity index (χ4n) is 3.65. The SMILES string of the molecule is COCC(=O)N1CCc2ncnc(N3CCC[C@@H](C(N)=O)C3)c2CC1. The highest BCUT2D eigenvalue weighted by molar-refractivity contribution is 5.78. The molecule has 0 bridgehead atoms. The molecular weight excluding hydrogens is 322 g/mol. The van der Waals surface area contributed by atoms with E-state index in [1.54, 1.807) is 6.33 Å². The van der Waals surface area contributed by atoms with Crippen molar-refractivity contribution in [1.29, 1.82) is 0 Å². The van der Waals surface area contributed by atoms with E-state index in [2.05, 4.69) is 14.9 Å². The van der Waals surface area contributed by atoms with Gasteiger partial charge in [-0.05, 0) is 19.3 Å². The quantitative estimate of drug-likeness (QED) is 0.806. The first-order valence-corrected chi connectivity index (χ1v) is 8.74. The van der Waals surface area contributed by atoms with Crippen LogP contribution in [0.5, 0.6) is 0 Å². The third kappa shape index (κ3) is 3.89. The minimum absolute atomic E-state index is 0.00317. The van der Waals surface area contributed by atoms with Gasteiger partial charge in [0.25, 0.3) is 0 Å². The van der Waals surface area contributed by atoms with Gasteiger partial charge in [-0.1, -0.05) is 0 Å². The lowest BCUT2D eigenvalue weighted by Crippen LogP contribution is -2.42. The number of anilines is 1. The van der Waals surface area contributed by atoms with Gasteiger partial charge >= 0.3 is 0 Å². The highest BCUT2D eigenvalue weighted by Crippen LogP contribution is 2.27. The Morgan fingerprint density at radius 2 is 2.08 bits per heavy atom. The van der Waals surface area contributed by atoms with Crippen LogP contribution in [0.15, 0.2) is 6.33 Å². The minimum Gasteiger partial charge on any atom is -0.375 e. The van der Waals surface area contributed by atoms with Crippen molar-refractivity contribution >= 4 is 17.6 Å². The first-order valence-electron chi connectivity index (χ1n) is 8.74. The van der Waals surface area contributed by atoms with E-state index >= 15 is 0 Å². The van der Waals surface area contributed by atoms with Gasteiger partial charge in [0.1, 0.15) is 18.8 Å². The number of nitrogens with two attached hydrogens (primary N) is 1. The number of ether oxygens (including phenoxy) is 1. The van der Waals surface area contributed by atoms with Crippen LogP contribution in [0.2, 0.25) is 0 Å². The lowest BCUT2D eigenvalue weighted by molar-refractivity contribution is -0.135.